The Balaban J connectivity index is 1.72. The first-order valence-corrected chi connectivity index (χ1v) is 9.34. The van der Waals surface area contributed by atoms with Gasteiger partial charge < -0.3 is 14.8 Å². The van der Waals surface area contributed by atoms with Crippen molar-refractivity contribution in [2.75, 3.05) is 12.4 Å². The van der Waals surface area contributed by atoms with Crippen LogP contribution in [0.3, 0.4) is 0 Å². The van der Waals surface area contributed by atoms with Crippen molar-refractivity contribution in [3.8, 4) is 11.5 Å². The SMILES string of the molecule is CCC(Oc1ccc2c(c1)CCCC2)C(=O)Nc1cc(C)ccc1OC. The van der Waals surface area contributed by atoms with Crippen molar-refractivity contribution in [3.63, 3.8) is 0 Å². The van der Waals surface area contributed by atoms with E-state index in [1.54, 1.807) is 7.11 Å². The quantitative estimate of drug-likeness (QED) is 0.820. The van der Waals surface area contributed by atoms with Crippen LogP contribution in [0.25, 0.3) is 0 Å². The zero-order valence-electron chi connectivity index (χ0n) is 15.8. The summed E-state index contributed by atoms with van der Waals surface area (Å²) in [6.45, 7) is 3.94. The van der Waals surface area contributed by atoms with Crippen LogP contribution in [0, 0.1) is 6.92 Å². The summed E-state index contributed by atoms with van der Waals surface area (Å²) in [7, 11) is 1.60. The van der Waals surface area contributed by atoms with Crippen molar-refractivity contribution in [2.45, 2.75) is 52.1 Å². The summed E-state index contributed by atoms with van der Waals surface area (Å²) in [4.78, 5) is 12.7. The highest BCUT2D eigenvalue weighted by atomic mass is 16.5. The molecular formula is C22H27NO3. The van der Waals surface area contributed by atoms with Gasteiger partial charge in [-0.25, -0.2) is 0 Å². The monoisotopic (exact) mass is 353 g/mol. The summed E-state index contributed by atoms with van der Waals surface area (Å²) in [5.74, 6) is 1.26. The van der Waals surface area contributed by atoms with Crippen molar-refractivity contribution >= 4 is 11.6 Å². The molecular weight excluding hydrogens is 326 g/mol. The zero-order chi connectivity index (χ0) is 18.5. The minimum absolute atomic E-state index is 0.158. The molecule has 0 fully saturated rings. The standard InChI is InChI=1S/C22H27NO3/c1-4-20(22(24)23-19-13-15(2)9-12-21(19)25-3)26-18-11-10-16-7-5-6-8-17(16)14-18/h9-14,20H,4-8H2,1-3H3,(H,23,24). The molecule has 0 bridgehead atoms. The van der Waals surface area contributed by atoms with Gasteiger partial charge in [0.05, 0.1) is 12.8 Å². The van der Waals surface area contributed by atoms with Crippen molar-refractivity contribution in [1.82, 2.24) is 0 Å². The Kier molecular flexibility index (Phi) is 5.82. The Hall–Kier alpha value is -2.49. The summed E-state index contributed by atoms with van der Waals surface area (Å²) >= 11 is 0. The number of hydrogen-bond acceptors (Lipinski definition) is 3. The third-order valence-corrected chi connectivity index (χ3v) is 4.87. The van der Waals surface area contributed by atoms with E-state index in [2.05, 4.69) is 17.4 Å². The van der Waals surface area contributed by atoms with Gasteiger partial charge in [0, 0.05) is 0 Å². The highest BCUT2D eigenvalue weighted by molar-refractivity contribution is 5.95. The Bertz CT molecular complexity index is 785. The highest BCUT2D eigenvalue weighted by Gasteiger charge is 2.21. The average molecular weight is 353 g/mol. The molecule has 0 spiro atoms. The van der Waals surface area contributed by atoms with Crippen molar-refractivity contribution in [1.29, 1.82) is 0 Å². The number of ether oxygens (including phenoxy) is 2. The number of hydrogen-bond donors (Lipinski definition) is 1. The predicted molar refractivity (Wildman–Crippen MR) is 104 cm³/mol. The lowest BCUT2D eigenvalue weighted by atomic mass is 9.92. The molecule has 1 N–H and O–H groups in total. The fraction of sp³-hybridized carbons (Fsp3) is 0.409. The minimum Gasteiger partial charge on any atom is -0.495 e. The van der Waals surface area contributed by atoms with Crippen LogP contribution in [-0.4, -0.2) is 19.1 Å². The van der Waals surface area contributed by atoms with Gasteiger partial charge >= 0.3 is 0 Å². The van der Waals surface area contributed by atoms with Crippen LogP contribution >= 0.6 is 0 Å². The van der Waals surface area contributed by atoms with Crippen LogP contribution < -0.4 is 14.8 Å². The third kappa shape index (κ3) is 4.18. The molecule has 1 aliphatic rings. The van der Waals surface area contributed by atoms with Gasteiger partial charge in [-0.05, 0) is 80.0 Å². The van der Waals surface area contributed by atoms with Crippen molar-refractivity contribution < 1.29 is 14.3 Å². The molecule has 1 unspecified atom stereocenters. The number of aryl methyl sites for hydroxylation is 3. The van der Waals surface area contributed by atoms with E-state index in [4.69, 9.17) is 9.47 Å². The van der Waals surface area contributed by atoms with Gasteiger partial charge in [-0.1, -0.05) is 19.1 Å². The first kappa shape index (κ1) is 18.3. The van der Waals surface area contributed by atoms with Gasteiger partial charge in [-0.3, -0.25) is 4.79 Å². The van der Waals surface area contributed by atoms with Crippen molar-refractivity contribution in [3.05, 3.63) is 53.1 Å². The number of nitrogens with one attached hydrogen (secondary N) is 1. The normalized spacial score (nSPS) is 14.3. The van der Waals surface area contributed by atoms with Gasteiger partial charge in [0.15, 0.2) is 6.10 Å². The molecule has 0 aromatic heterocycles. The molecule has 4 heteroatoms. The lowest BCUT2D eigenvalue weighted by Gasteiger charge is -2.21. The van der Waals surface area contributed by atoms with Crippen LogP contribution in [0.4, 0.5) is 5.69 Å². The minimum atomic E-state index is -0.540. The Morgan fingerprint density at radius 2 is 1.88 bits per heavy atom. The van der Waals surface area contributed by atoms with Gasteiger partial charge in [0.1, 0.15) is 11.5 Å². The maximum atomic E-state index is 12.7. The number of amides is 1. The number of carbonyl (C=O) groups is 1. The summed E-state index contributed by atoms with van der Waals surface area (Å²) in [6, 6.07) is 11.9. The maximum absolute atomic E-state index is 12.7. The first-order chi connectivity index (χ1) is 12.6. The third-order valence-electron chi connectivity index (χ3n) is 4.87. The van der Waals surface area contributed by atoms with Crippen LogP contribution in [0.15, 0.2) is 36.4 Å². The molecule has 1 aliphatic carbocycles. The number of anilines is 1. The number of carbonyl (C=O) groups excluding carboxylic acids is 1. The molecule has 1 amide bonds. The fourth-order valence-corrected chi connectivity index (χ4v) is 3.40. The molecule has 0 heterocycles. The Morgan fingerprint density at radius 3 is 2.62 bits per heavy atom. The van der Waals surface area contributed by atoms with Gasteiger partial charge in [-0.15, -0.1) is 0 Å². The lowest BCUT2D eigenvalue weighted by Crippen LogP contribution is -2.32. The van der Waals surface area contributed by atoms with E-state index < -0.39 is 6.10 Å². The second kappa shape index (κ2) is 8.26. The van der Waals surface area contributed by atoms with E-state index in [1.165, 1.54) is 24.0 Å². The number of methoxy groups -OCH3 is 1. The Morgan fingerprint density at radius 1 is 1.12 bits per heavy atom. The van der Waals surface area contributed by atoms with E-state index in [-0.39, 0.29) is 5.91 Å². The fourth-order valence-electron chi connectivity index (χ4n) is 3.40. The summed E-state index contributed by atoms with van der Waals surface area (Å²) in [5, 5.41) is 2.95. The molecule has 3 rings (SSSR count). The zero-order valence-corrected chi connectivity index (χ0v) is 15.8. The van der Waals surface area contributed by atoms with Gasteiger partial charge in [-0.2, -0.15) is 0 Å². The van der Waals surface area contributed by atoms with E-state index in [0.29, 0.717) is 17.9 Å². The lowest BCUT2D eigenvalue weighted by molar-refractivity contribution is -0.122. The van der Waals surface area contributed by atoms with E-state index in [0.717, 1.165) is 24.2 Å². The largest absolute Gasteiger partial charge is 0.495 e. The molecule has 0 aliphatic heterocycles. The van der Waals surface area contributed by atoms with E-state index >= 15 is 0 Å². The van der Waals surface area contributed by atoms with Crippen LogP contribution in [-0.2, 0) is 17.6 Å². The van der Waals surface area contributed by atoms with Crippen LogP contribution in [0.2, 0.25) is 0 Å². The number of benzene rings is 2. The molecule has 1 atom stereocenters. The number of fused-ring (bicyclic) bond motifs is 1. The van der Waals surface area contributed by atoms with Gasteiger partial charge in [0.25, 0.3) is 5.91 Å². The molecule has 0 radical (unpaired) electrons. The topological polar surface area (TPSA) is 47.6 Å². The predicted octanol–water partition coefficient (Wildman–Crippen LogP) is 4.68. The van der Waals surface area contributed by atoms with Gasteiger partial charge in [0.2, 0.25) is 0 Å². The molecule has 0 saturated heterocycles. The molecule has 26 heavy (non-hydrogen) atoms. The van der Waals surface area contributed by atoms with Crippen molar-refractivity contribution in [2.24, 2.45) is 0 Å². The highest BCUT2D eigenvalue weighted by Crippen LogP contribution is 2.28. The van der Waals surface area contributed by atoms with E-state index in [9.17, 15) is 4.79 Å². The summed E-state index contributed by atoms with van der Waals surface area (Å²) < 4.78 is 11.4. The first-order valence-electron chi connectivity index (χ1n) is 9.34. The molecule has 138 valence electrons. The Labute approximate surface area is 155 Å². The number of rotatable bonds is 6. The molecule has 4 nitrogen and oxygen atoms in total. The smallest absolute Gasteiger partial charge is 0.265 e. The second-order valence-electron chi connectivity index (χ2n) is 6.85. The average Bonchev–Trinajstić information content (AvgIpc) is 2.66. The van der Waals surface area contributed by atoms with Crippen LogP contribution in [0.1, 0.15) is 42.9 Å². The second-order valence-corrected chi connectivity index (χ2v) is 6.85. The summed E-state index contributed by atoms with van der Waals surface area (Å²) in [6.07, 6.45) is 4.77. The van der Waals surface area contributed by atoms with Crippen LogP contribution in [0.5, 0.6) is 11.5 Å². The molecule has 2 aromatic carbocycles. The molecule has 2 aromatic rings. The maximum Gasteiger partial charge on any atom is 0.265 e. The summed E-state index contributed by atoms with van der Waals surface area (Å²) in [5.41, 5.74) is 4.49. The molecule has 0 saturated carbocycles. The van der Waals surface area contributed by atoms with E-state index in [1.807, 2.05) is 38.1 Å².